The summed E-state index contributed by atoms with van der Waals surface area (Å²) in [4.78, 5) is 24.4. The maximum Gasteiger partial charge on any atom is 0.296 e. The molecule has 0 aliphatic carbocycles. The second kappa shape index (κ2) is 9.05. The van der Waals surface area contributed by atoms with Gasteiger partial charge in [-0.3, -0.25) is 14.8 Å². The Labute approximate surface area is 155 Å². The molecule has 0 aliphatic heterocycles. The lowest BCUT2D eigenvalue weighted by atomic mass is 10.2. The van der Waals surface area contributed by atoms with E-state index in [1.54, 1.807) is 18.6 Å². The molecule has 0 unspecified atom stereocenters. The summed E-state index contributed by atoms with van der Waals surface area (Å²) in [5.74, 6) is 0.376. The van der Waals surface area contributed by atoms with Gasteiger partial charge in [-0.1, -0.05) is 17.7 Å². The Morgan fingerprint density at radius 1 is 1.12 bits per heavy atom. The third kappa shape index (κ3) is 5.10. The average Bonchev–Trinajstić information content (AvgIpc) is 2.66. The Bertz CT molecular complexity index is 899. The molecule has 7 nitrogen and oxygen atoms in total. The number of aryl methyl sites for hydroxylation is 1. The molecule has 2 N–H and O–H groups in total. The van der Waals surface area contributed by atoms with E-state index in [4.69, 9.17) is 11.6 Å². The predicted molar refractivity (Wildman–Crippen MR) is 100 cm³/mol. The molecule has 26 heavy (non-hydrogen) atoms. The third-order valence-corrected chi connectivity index (χ3v) is 4.16. The van der Waals surface area contributed by atoms with Gasteiger partial charge >= 0.3 is 0 Å². The molecule has 0 atom stereocenters. The van der Waals surface area contributed by atoms with Crippen LogP contribution in [-0.2, 0) is 12.8 Å². The number of pyridine rings is 2. The van der Waals surface area contributed by atoms with Gasteiger partial charge in [-0.05, 0) is 43.0 Å². The molecule has 134 valence electrons. The zero-order chi connectivity index (χ0) is 18.2. The lowest BCUT2D eigenvalue weighted by Crippen LogP contribution is -2.20. The number of H-pyrrole nitrogens is 1. The van der Waals surface area contributed by atoms with E-state index in [0.29, 0.717) is 29.6 Å². The first kappa shape index (κ1) is 18.0. The van der Waals surface area contributed by atoms with Crippen molar-refractivity contribution in [1.82, 2.24) is 25.1 Å². The highest BCUT2D eigenvalue weighted by molar-refractivity contribution is 6.31. The highest BCUT2D eigenvalue weighted by atomic mass is 35.5. The van der Waals surface area contributed by atoms with E-state index in [2.05, 4.69) is 30.5 Å². The van der Waals surface area contributed by atoms with Gasteiger partial charge in [0.05, 0.1) is 10.7 Å². The molecule has 0 radical (unpaired) electrons. The van der Waals surface area contributed by atoms with Gasteiger partial charge in [0, 0.05) is 31.6 Å². The zero-order valence-corrected chi connectivity index (χ0v) is 14.9. The van der Waals surface area contributed by atoms with Crippen molar-refractivity contribution < 1.29 is 0 Å². The first-order valence-corrected chi connectivity index (χ1v) is 8.78. The van der Waals surface area contributed by atoms with E-state index in [1.807, 2.05) is 24.3 Å². The van der Waals surface area contributed by atoms with E-state index in [9.17, 15) is 4.79 Å². The standard InChI is InChI=1S/C18H19ClN6O/c19-14-6-4-10-21-15(14)7-1-2-9-22-18-23-17(26)16(24-25-18)11-13-5-3-8-20-12-13/h3-6,8,10,12H,1-2,7,9,11H2,(H2,22,23,25,26). The molecule has 0 amide bonds. The normalized spacial score (nSPS) is 10.7. The van der Waals surface area contributed by atoms with Crippen molar-refractivity contribution in [2.75, 3.05) is 11.9 Å². The Kier molecular flexibility index (Phi) is 6.27. The molecule has 3 aromatic rings. The van der Waals surface area contributed by atoms with Crippen molar-refractivity contribution in [2.24, 2.45) is 0 Å². The molecular weight excluding hydrogens is 352 g/mol. The van der Waals surface area contributed by atoms with Crippen LogP contribution in [0.3, 0.4) is 0 Å². The van der Waals surface area contributed by atoms with Crippen LogP contribution in [0, 0.1) is 0 Å². The minimum absolute atomic E-state index is 0.338. The van der Waals surface area contributed by atoms with Crippen LogP contribution < -0.4 is 10.9 Å². The molecule has 0 aliphatic rings. The van der Waals surface area contributed by atoms with E-state index < -0.39 is 0 Å². The molecule has 0 bridgehead atoms. The minimum atomic E-state index is -0.338. The van der Waals surface area contributed by atoms with Crippen LogP contribution in [0.1, 0.15) is 29.8 Å². The lowest BCUT2D eigenvalue weighted by molar-refractivity contribution is 0.741. The summed E-state index contributed by atoms with van der Waals surface area (Å²) in [5.41, 5.74) is 1.85. The number of nitrogens with one attached hydrogen (secondary N) is 2. The molecule has 0 saturated carbocycles. The molecule has 0 fully saturated rings. The van der Waals surface area contributed by atoms with Gasteiger partial charge in [-0.2, -0.15) is 10.1 Å². The Morgan fingerprint density at radius 3 is 2.77 bits per heavy atom. The molecule has 0 spiro atoms. The van der Waals surface area contributed by atoms with Crippen LogP contribution in [0.25, 0.3) is 0 Å². The number of aromatic nitrogens is 5. The maximum absolute atomic E-state index is 12.1. The fourth-order valence-electron chi connectivity index (χ4n) is 2.48. The van der Waals surface area contributed by atoms with Gasteiger partial charge in [0.25, 0.3) is 5.56 Å². The summed E-state index contributed by atoms with van der Waals surface area (Å²) in [5, 5.41) is 10.7. The quantitative estimate of drug-likeness (QED) is 0.592. The number of rotatable bonds is 8. The topological polar surface area (TPSA) is 96.5 Å². The second-order valence-electron chi connectivity index (χ2n) is 5.79. The van der Waals surface area contributed by atoms with Crippen molar-refractivity contribution in [3.63, 3.8) is 0 Å². The van der Waals surface area contributed by atoms with Gasteiger partial charge in [0.1, 0.15) is 5.69 Å². The highest BCUT2D eigenvalue weighted by Gasteiger charge is 2.06. The lowest BCUT2D eigenvalue weighted by Gasteiger charge is -2.06. The van der Waals surface area contributed by atoms with E-state index in [-0.39, 0.29) is 5.56 Å². The molecule has 0 aromatic carbocycles. The largest absolute Gasteiger partial charge is 0.355 e. The number of hydrogen-bond donors (Lipinski definition) is 2. The number of halogens is 1. The van der Waals surface area contributed by atoms with Gasteiger partial charge in [-0.25, -0.2) is 5.10 Å². The van der Waals surface area contributed by atoms with E-state index in [1.165, 1.54) is 0 Å². The van der Waals surface area contributed by atoms with Gasteiger partial charge in [-0.15, -0.1) is 0 Å². The highest BCUT2D eigenvalue weighted by Crippen LogP contribution is 2.14. The SMILES string of the molecule is O=c1nc(NCCCCc2ncccc2Cl)[nH]nc1Cc1cccnc1. The Hall–Kier alpha value is -2.80. The fraction of sp³-hybridized carbons (Fsp3) is 0.278. The summed E-state index contributed by atoms with van der Waals surface area (Å²) in [7, 11) is 0. The van der Waals surface area contributed by atoms with Crippen LogP contribution in [-0.4, -0.2) is 31.7 Å². The van der Waals surface area contributed by atoms with Crippen molar-refractivity contribution >= 4 is 17.5 Å². The van der Waals surface area contributed by atoms with E-state index in [0.717, 1.165) is 30.5 Å². The summed E-state index contributed by atoms with van der Waals surface area (Å²) >= 11 is 6.08. The van der Waals surface area contributed by atoms with Gasteiger partial charge in [0.15, 0.2) is 0 Å². The van der Waals surface area contributed by atoms with Gasteiger partial charge < -0.3 is 5.32 Å². The molecule has 0 saturated heterocycles. The monoisotopic (exact) mass is 370 g/mol. The summed E-state index contributed by atoms with van der Waals surface area (Å²) in [6.07, 6.45) is 8.19. The third-order valence-electron chi connectivity index (χ3n) is 3.82. The number of hydrogen-bond acceptors (Lipinski definition) is 6. The minimum Gasteiger partial charge on any atom is -0.355 e. The maximum atomic E-state index is 12.1. The fourth-order valence-corrected chi connectivity index (χ4v) is 2.69. The summed E-state index contributed by atoms with van der Waals surface area (Å²) < 4.78 is 0. The van der Waals surface area contributed by atoms with Crippen molar-refractivity contribution in [3.05, 3.63) is 75.2 Å². The molecule has 8 heteroatoms. The van der Waals surface area contributed by atoms with Crippen LogP contribution in [0.2, 0.25) is 5.02 Å². The van der Waals surface area contributed by atoms with Crippen molar-refractivity contribution in [2.45, 2.75) is 25.7 Å². The van der Waals surface area contributed by atoms with Gasteiger partial charge in [0.2, 0.25) is 5.95 Å². The Morgan fingerprint density at radius 2 is 2.00 bits per heavy atom. The summed E-state index contributed by atoms with van der Waals surface area (Å²) in [6.45, 7) is 0.678. The van der Waals surface area contributed by atoms with Crippen LogP contribution in [0.5, 0.6) is 0 Å². The van der Waals surface area contributed by atoms with Crippen molar-refractivity contribution in [1.29, 1.82) is 0 Å². The molecule has 3 heterocycles. The Balaban J connectivity index is 1.46. The van der Waals surface area contributed by atoms with Crippen molar-refractivity contribution in [3.8, 4) is 0 Å². The first-order chi connectivity index (χ1) is 12.7. The van der Waals surface area contributed by atoms with E-state index >= 15 is 0 Å². The number of unbranched alkanes of at least 4 members (excludes halogenated alkanes) is 1. The average molecular weight is 371 g/mol. The second-order valence-corrected chi connectivity index (χ2v) is 6.20. The smallest absolute Gasteiger partial charge is 0.296 e. The number of aromatic amines is 1. The van der Waals surface area contributed by atoms with Crippen LogP contribution in [0.15, 0.2) is 47.7 Å². The molecule has 3 aromatic heterocycles. The first-order valence-electron chi connectivity index (χ1n) is 8.40. The van der Waals surface area contributed by atoms with Crippen LogP contribution >= 0.6 is 11.6 Å². The molecular formula is C18H19ClN6O. The number of nitrogens with zero attached hydrogens (tertiary/aromatic N) is 4. The summed E-state index contributed by atoms with van der Waals surface area (Å²) in [6, 6.07) is 7.38. The molecule has 3 rings (SSSR count). The van der Waals surface area contributed by atoms with Crippen LogP contribution in [0.4, 0.5) is 5.95 Å². The predicted octanol–water partition coefficient (Wildman–Crippen LogP) is 2.63. The number of anilines is 1. The zero-order valence-electron chi connectivity index (χ0n) is 14.2.